The molecule has 0 aliphatic carbocycles. The molecule has 9 nitrogen and oxygen atoms in total. The Balaban J connectivity index is 2.08. The average Bonchev–Trinajstić information content (AvgIpc) is 2.96. The number of methoxy groups -OCH3 is 2. The minimum absolute atomic E-state index is 0.0767. The maximum atomic E-state index is 14.0. The van der Waals surface area contributed by atoms with Crippen molar-refractivity contribution in [1.82, 2.24) is 10.2 Å². The predicted molar refractivity (Wildman–Crippen MR) is 150 cm³/mol. The van der Waals surface area contributed by atoms with Crippen LogP contribution in [0.2, 0.25) is 0 Å². The minimum atomic E-state index is -4.36. The Bertz CT molecular complexity index is 1430. The Kier molecular flexibility index (Phi) is 10.1. The molecule has 3 aromatic rings. The quantitative estimate of drug-likeness (QED) is 0.354. The second kappa shape index (κ2) is 13.3. The van der Waals surface area contributed by atoms with Crippen molar-refractivity contribution in [3.63, 3.8) is 0 Å². The van der Waals surface area contributed by atoms with Crippen LogP contribution >= 0.6 is 0 Å². The summed E-state index contributed by atoms with van der Waals surface area (Å²) in [6.07, 6.45) is 0.302. The van der Waals surface area contributed by atoms with E-state index in [0.717, 1.165) is 27.6 Å². The van der Waals surface area contributed by atoms with E-state index >= 15 is 0 Å². The summed E-state index contributed by atoms with van der Waals surface area (Å²) in [6, 6.07) is 15.5. The van der Waals surface area contributed by atoms with Gasteiger partial charge in [0, 0.05) is 19.7 Å². The summed E-state index contributed by atoms with van der Waals surface area (Å²) in [5, 5.41) is 2.58. The first-order chi connectivity index (χ1) is 19.0. The summed E-state index contributed by atoms with van der Waals surface area (Å²) >= 11 is 0. The molecule has 0 saturated heterocycles. The molecule has 0 bridgehead atoms. The average molecular weight is 572 g/mol. The molecule has 2 amide bonds. The molecule has 0 unspecified atom stereocenters. The number of ether oxygens (including phenoxy) is 2. The number of aryl methyl sites for hydroxylation is 1. The Labute approximate surface area is 234 Å². The molecule has 3 rings (SSSR count). The molecule has 1 atom stereocenters. The standard InChI is InChI=1S/C29H34FN3O6S/c1-6-25(29(35)31-3)32(18-21-9-7-20(2)8-10-21)28(34)19-33(23-13-11-22(30)12-14-23)40(36,37)24-15-16-26(38-4)27(17-24)39-5/h7-17,25H,6,18-19H2,1-5H3,(H,31,35)/t25-/m0/s1. The smallest absolute Gasteiger partial charge is 0.264 e. The van der Waals surface area contributed by atoms with Gasteiger partial charge in [-0.1, -0.05) is 36.8 Å². The number of anilines is 1. The van der Waals surface area contributed by atoms with Gasteiger partial charge in [0.1, 0.15) is 18.4 Å². The number of nitrogens with one attached hydrogen (secondary N) is 1. The van der Waals surface area contributed by atoms with E-state index in [4.69, 9.17) is 9.47 Å². The van der Waals surface area contributed by atoms with Crippen LogP contribution in [0, 0.1) is 12.7 Å². The largest absolute Gasteiger partial charge is 0.493 e. The Hall–Kier alpha value is -4.12. The molecule has 0 heterocycles. The second-order valence-corrected chi connectivity index (χ2v) is 10.9. The number of carbonyl (C=O) groups is 2. The van der Waals surface area contributed by atoms with Gasteiger partial charge in [-0.3, -0.25) is 13.9 Å². The lowest BCUT2D eigenvalue weighted by Gasteiger charge is -2.33. The summed E-state index contributed by atoms with van der Waals surface area (Å²) in [5.41, 5.74) is 1.88. The van der Waals surface area contributed by atoms with Crippen molar-refractivity contribution in [2.24, 2.45) is 0 Å². The van der Waals surface area contributed by atoms with Gasteiger partial charge >= 0.3 is 0 Å². The number of benzene rings is 3. The molecule has 11 heteroatoms. The Morgan fingerprint density at radius 1 is 0.950 bits per heavy atom. The molecule has 1 N–H and O–H groups in total. The van der Waals surface area contributed by atoms with Crippen molar-refractivity contribution < 1.29 is 31.9 Å². The molecule has 0 saturated carbocycles. The molecule has 0 fully saturated rings. The van der Waals surface area contributed by atoms with Gasteiger partial charge in [0.15, 0.2) is 11.5 Å². The van der Waals surface area contributed by atoms with Crippen LogP contribution in [0.1, 0.15) is 24.5 Å². The number of rotatable bonds is 12. The van der Waals surface area contributed by atoms with Crippen LogP contribution in [0.25, 0.3) is 0 Å². The predicted octanol–water partition coefficient (Wildman–Crippen LogP) is 3.90. The molecule has 0 aliphatic heterocycles. The SMILES string of the molecule is CC[C@@H](C(=O)NC)N(Cc1ccc(C)cc1)C(=O)CN(c1ccc(F)cc1)S(=O)(=O)c1ccc(OC)c(OC)c1. The lowest BCUT2D eigenvalue weighted by Crippen LogP contribution is -2.51. The number of sulfonamides is 1. The summed E-state index contributed by atoms with van der Waals surface area (Å²) in [4.78, 5) is 27.9. The first-order valence-electron chi connectivity index (χ1n) is 12.6. The molecule has 214 valence electrons. The summed E-state index contributed by atoms with van der Waals surface area (Å²) in [7, 11) is -0.0821. The van der Waals surface area contributed by atoms with Gasteiger partial charge in [0.2, 0.25) is 11.8 Å². The third-order valence-electron chi connectivity index (χ3n) is 6.44. The number of hydrogen-bond acceptors (Lipinski definition) is 6. The Morgan fingerprint density at radius 3 is 2.12 bits per heavy atom. The monoisotopic (exact) mass is 571 g/mol. The molecule has 3 aromatic carbocycles. The van der Waals surface area contributed by atoms with E-state index in [-0.39, 0.29) is 28.8 Å². The number of likely N-dealkylation sites (N-methyl/N-ethyl adjacent to an activating group) is 1. The van der Waals surface area contributed by atoms with E-state index in [9.17, 15) is 22.4 Å². The van der Waals surface area contributed by atoms with E-state index in [1.54, 1.807) is 6.92 Å². The van der Waals surface area contributed by atoms with Gasteiger partial charge in [-0.25, -0.2) is 12.8 Å². The van der Waals surface area contributed by atoms with Crippen LogP contribution in [0.15, 0.2) is 71.6 Å². The van der Waals surface area contributed by atoms with Crippen molar-refractivity contribution in [2.75, 3.05) is 32.1 Å². The van der Waals surface area contributed by atoms with Crippen LogP contribution < -0.4 is 19.1 Å². The normalized spacial score (nSPS) is 11.8. The highest BCUT2D eigenvalue weighted by molar-refractivity contribution is 7.92. The Morgan fingerprint density at radius 2 is 1.57 bits per heavy atom. The van der Waals surface area contributed by atoms with Crippen molar-refractivity contribution >= 4 is 27.5 Å². The molecule has 0 radical (unpaired) electrons. The second-order valence-electron chi connectivity index (χ2n) is 9.05. The van der Waals surface area contributed by atoms with E-state index in [1.807, 2.05) is 31.2 Å². The summed E-state index contributed by atoms with van der Waals surface area (Å²) < 4.78 is 53.1. The fourth-order valence-corrected chi connectivity index (χ4v) is 5.65. The van der Waals surface area contributed by atoms with Gasteiger partial charge in [0.05, 0.1) is 24.8 Å². The third-order valence-corrected chi connectivity index (χ3v) is 8.21. The zero-order valence-corrected chi connectivity index (χ0v) is 24.0. The van der Waals surface area contributed by atoms with Gasteiger partial charge < -0.3 is 19.7 Å². The molecule has 40 heavy (non-hydrogen) atoms. The van der Waals surface area contributed by atoms with Gasteiger partial charge in [0.25, 0.3) is 10.0 Å². The molecule has 0 aromatic heterocycles. The zero-order valence-electron chi connectivity index (χ0n) is 23.2. The highest BCUT2D eigenvalue weighted by Crippen LogP contribution is 2.32. The lowest BCUT2D eigenvalue weighted by atomic mass is 10.1. The first-order valence-corrected chi connectivity index (χ1v) is 14.1. The molecule has 0 spiro atoms. The van der Waals surface area contributed by atoms with Gasteiger partial charge in [-0.15, -0.1) is 0 Å². The zero-order chi connectivity index (χ0) is 29.4. The highest BCUT2D eigenvalue weighted by Gasteiger charge is 2.33. The van der Waals surface area contributed by atoms with Crippen LogP contribution in [0.3, 0.4) is 0 Å². The molecular weight excluding hydrogens is 537 g/mol. The number of halogens is 1. The maximum Gasteiger partial charge on any atom is 0.264 e. The van der Waals surface area contributed by atoms with Crippen LogP contribution in [0.5, 0.6) is 11.5 Å². The van der Waals surface area contributed by atoms with Gasteiger partial charge in [-0.05, 0) is 55.3 Å². The summed E-state index contributed by atoms with van der Waals surface area (Å²) in [5.74, 6) is -1.04. The van der Waals surface area contributed by atoms with Crippen molar-refractivity contribution in [3.8, 4) is 11.5 Å². The maximum absolute atomic E-state index is 14.0. The van der Waals surface area contributed by atoms with Crippen molar-refractivity contribution in [2.45, 2.75) is 37.8 Å². The number of amides is 2. The minimum Gasteiger partial charge on any atom is -0.493 e. The third kappa shape index (κ3) is 6.90. The van der Waals surface area contributed by atoms with E-state index < -0.39 is 34.3 Å². The van der Waals surface area contributed by atoms with E-state index in [2.05, 4.69) is 5.32 Å². The first kappa shape index (κ1) is 30.4. The van der Waals surface area contributed by atoms with Gasteiger partial charge in [-0.2, -0.15) is 0 Å². The van der Waals surface area contributed by atoms with E-state index in [0.29, 0.717) is 12.2 Å². The number of nitrogens with zero attached hydrogens (tertiary/aromatic N) is 2. The number of carbonyl (C=O) groups excluding carboxylic acids is 2. The molecule has 0 aliphatic rings. The number of hydrogen-bond donors (Lipinski definition) is 1. The van der Waals surface area contributed by atoms with Crippen LogP contribution in [0.4, 0.5) is 10.1 Å². The van der Waals surface area contributed by atoms with Crippen LogP contribution in [-0.4, -0.2) is 59.0 Å². The van der Waals surface area contributed by atoms with Crippen molar-refractivity contribution in [3.05, 3.63) is 83.7 Å². The van der Waals surface area contributed by atoms with Crippen molar-refractivity contribution in [1.29, 1.82) is 0 Å². The lowest BCUT2D eigenvalue weighted by molar-refractivity contribution is -0.140. The topological polar surface area (TPSA) is 105 Å². The summed E-state index contributed by atoms with van der Waals surface area (Å²) in [6.45, 7) is 3.15. The van der Waals surface area contributed by atoms with E-state index in [1.165, 1.54) is 56.5 Å². The molecular formula is C29H34FN3O6S. The fourth-order valence-electron chi connectivity index (χ4n) is 4.22. The highest BCUT2D eigenvalue weighted by atomic mass is 32.2. The fraction of sp³-hybridized carbons (Fsp3) is 0.310. The van der Waals surface area contributed by atoms with Crippen LogP contribution in [-0.2, 0) is 26.2 Å².